The molecule has 3 aliphatic heterocycles. The molecule has 3 fully saturated rings. The molecule has 26 heteroatoms. The van der Waals surface area contributed by atoms with Crippen molar-refractivity contribution in [1.82, 2.24) is 5.32 Å². The highest BCUT2D eigenvalue weighted by atomic mass is 16.7. The van der Waals surface area contributed by atoms with Crippen LogP contribution in [0.4, 0.5) is 0 Å². The van der Waals surface area contributed by atoms with Gasteiger partial charge in [-0.05, 0) is 0 Å². The minimum Gasteiger partial charge on any atom is -0.463 e. The molecule has 15 atom stereocenters. The van der Waals surface area contributed by atoms with E-state index in [9.17, 15) is 47.9 Å². The average molecular weight is 998 g/mol. The molecular formula is C43H67NO25. The zero-order valence-corrected chi connectivity index (χ0v) is 41.5. The molecule has 0 saturated carbocycles. The first kappa shape index (κ1) is 61.5. The Morgan fingerprint density at radius 2 is 0.652 bits per heavy atom. The van der Waals surface area contributed by atoms with Gasteiger partial charge in [0.25, 0.3) is 0 Å². The molecule has 6 unspecified atom stereocenters. The van der Waals surface area contributed by atoms with E-state index in [1.54, 1.807) is 13.8 Å². The summed E-state index contributed by atoms with van der Waals surface area (Å²) < 4.78 is 78.6. The first-order valence-corrected chi connectivity index (χ1v) is 21.4. The van der Waals surface area contributed by atoms with E-state index in [4.69, 9.17) is 71.1 Å². The van der Waals surface area contributed by atoms with Crippen LogP contribution in [0.25, 0.3) is 0 Å². The van der Waals surface area contributed by atoms with Crippen molar-refractivity contribution in [2.24, 2.45) is 11.8 Å². The summed E-state index contributed by atoms with van der Waals surface area (Å²) in [5.74, 6) is -6.00. The van der Waals surface area contributed by atoms with Crippen LogP contribution in [-0.4, -0.2) is 181 Å². The molecule has 69 heavy (non-hydrogen) atoms. The van der Waals surface area contributed by atoms with Crippen molar-refractivity contribution in [2.75, 3.05) is 41.2 Å². The van der Waals surface area contributed by atoms with Gasteiger partial charge in [-0.25, -0.2) is 0 Å². The number of rotatable bonds is 16. The second-order valence-corrected chi connectivity index (χ2v) is 15.6. The van der Waals surface area contributed by atoms with E-state index in [-0.39, 0.29) is 37.6 Å². The molecule has 0 aliphatic carbocycles. The molecule has 3 heterocycles. The van der Waals surface area contributed by atoms with Crippen LogP contribution in [0, 0.1) is 11.8 Å². The fourth-order valence-electron chi connectivity index (χ4n) is 7.10. The standard InChI is InChI=1S/C15H22O10.C14H23NO7.C14H22O8/c1-7(16)21-6-11-12(22-8(2)17)13(23-9(3)18)14(24-10(4)19)15(20-5)25-11;1-7-11(6-20-9(3)17)22-14(19-5)12(15-8(2)16)13(7)21-10(4)18;1-7-11(6-19-8(2)15)22-14(18-5)13(21-10(4)17)12(7)20-9(3)16/h11-15H,6H2,1-5H3;7,11-14H,6H2,1-5H3,(H,15,16);7,11-14H,6H2,1-5H3/t11?,12-,13+,14?,15+;7-,11?,12?,13-,14+;7-,11?,12+,13?,14+/m100/s1. The van der Waals surface area contributed by atoms with E-state index in [1.165, 1.54) is 69.8 Å². The number of hydrogen-bond donors (Lipinski definition) is 1. The summed E-state index contributed by atoms with van der Waals surface area (Å²) >= 11 is 0. The minimum absolute atomic E-state index is 0.0130. The van der Waals surface area contributed by atoms with E-state index in [0.717, 1.165) is 20.8 Å². The quantitative estimate of drug-likeness (QED) is 0.159. The molecule has 1 amide bonds. The highest BCUT2D eigenvalue weighted by molar-refractivity contribution is 5.74. The molecule has 0 aromatic heterocycles. The van der Waals surface area contributed by atoms with Crippen molar-refractivity contribution >= 4 is 59.6 Å². The second-order valence-electron chi connectivity index (χ2n) is 15.6. The minimum atomic E-state index is -1.20. The topological polar surface area (TPSA) is 321 Å². The molecule has 394 valence electrons. The van der Waals surface area contributed by atoms with Crippen LogP contribution in [0.5, 0.6) is 0 Å². The first-order valence-electron chi connectivity index (χ1n) is 21.4. The molecule has 26 nitrogen and oxygen atoms in total. The Morgan fingerprint density at radius 1 is 0.362 bits per heavy atom. The smallest absolute Gasteiger partial charge is 0.303 e. The highest BCUT2D eigenvalue weighted by Crippen LogP contribution is 2.33. The van der Waals surface area contributed by atoms with Crippen molar-refractivity contribution in [2.45, 2.75) is 163 Å². The number of carbonyl (C=O) groups excluding carboxylic acids is 10. The maximum Gasteiger partial charge on any atom is 0.303 e. The summed E-state index contributed by atoms with van der Waals surface area (Å²) in [5.41, 5.74) is 0. The largest absolute Gasteiger partial charge is 0.463 e. The zero-order chi connectivity index (χ0) is 52.9. The number of hydrogen-bond acceptors (Lipinski definition) is 25. The van der Waals surface area contributed by atoms with Gasteiger partial charge in [-0.1, -0.05) is 13.8 Å². The van der Waals surface area contributed by atoms with Gasteiger partial charge in [-0.15, -0.1) is 0 Å². The lowest BCUT2D eigenvalue weighted by Gasteiger charge is -2.44. The Balaban J connectivity index is 0.000000519. The molecule has 0 radical (unpaired) electrons. The van der Waals surface area contributed by atoms with E-state index < -0.39 is 134 Å². The maximum atomic E-state index is 11.5. The third kappa shape index (κ3) is 21.3. The monoisotopic (exact) mass is 997 g/mol. The summed E-state index contributed by atoms with van der Waals surface area (Å²) in [6.07, 6.45) is -10.8. The van der Waals surface area contributed by atoms with Crippen molar-refractivity contribution in [3.63, 3.8) is 0 Å². The number of esters is 9. The fourth-order valence-corrected chi connectivity index (χ4v) is 7.10. The van der Waals surface area contributed by atoms with Crippen molar-refractivity contribution in [1.29, 1.82) is 0 Å². The molecule has 3 aliphatic rings. The molecule has 3 saturated heterocycles. The number of carbonyl (C=O) groups is 10. The van der Waals surface area contributed by atoms with Gasteiger partial charge >= 0.3 is 53.7 Å². The molecule has 0 spiro atoms. The van der Waals surface area contributed by atoms with Gasteiger partial charge in [0.1, 0.15) is 56.4 Å². The third-order valence-electron chi connectivity index (χ3n) is 9.89. The maximum absolute atomic E-state index is 11.5. The number of nitrogens with one attached hydrogen (secondary N) is 1. The lowest BCUT2D eigenvalue weighted by molar-refractivity contribution is -0.302. The van der Waals surface area contributed by atoms with Gasteiger partial charge in [0.05, 0.1) is 0 Å². The van der Waals surface area contributed by atoms with Crippen LogP contribution >= 0.6 is 0 Å². The number of amides is 1. The van der Waals surface area contributed by atoms with E-state index in [1.807, 2.05) is 0 Å². The zero-order valence-electron chi connectivity index (χ0n) is 41.5. The first-order chi connectivity index (χ1) is 32.2. The van der Waals surface area contributed by atoms with Gasteiger partial charge in [-0.3, -0.25) is 47.9 Å². The Hall–Kier alpha value is -5.54. The predicted molar refractivity (Wildman–Crippen MR) is 226 cm³/mol. The Bertz CT molecular complexity index is 1680. The molecule has 1 N–H and O–H groups in total. The second kappa shape index (κ2) is 30.2. The van der Waals surface area contributed by atoms with E-state index >= 15 is 0 Å². The Labute approximate surface area is 399 Å². The summed E-state index contributed by atoms with van der Waals surface area (Å²) in [6.45, 7) is 15.6. The van der Waals surface area contributed by atoms with Crippen molar-refractivity contribution in [3.8, 4) is 0 Å². The van der Waals surface area contributed by atoms with Crippen LogP contribution in [0.2, 0.25) is 0 Å². The van der Waals surface area contributed by atoms with Crippen LogP contribution in [0.1, 0.15) is 83.1 Å². The van der Waals surface area contributed by atoms with Gasteiger partial charge in [0, 0.05) is 102 Å². The van der Waals surface area contributed by atoms with E-state index in [2.05, 4.69) is 5.32 Å². The normalized spacial score (nSPS) is 30.3. The highest BCUT2D eigenvalue weighted by Gasteiger charge is 2.53. The molecular weight excluding hydrogens is 930 g/mol. The summed E-state index contributed by atoms with van der Waals surface area (Å²) in [7, 11) is 4.09. The van der Waals surface area contributed by atoms with Crippen molar-refractivity contribution < 1.29 is 119 Å². The summed E-state index contributed by atoms with van der Waals surface area (Å²) in [4.78, 5) is 113. The summed E-state index contributed by atoms with van der Waals surface area (Å²) in [6, 6.07) is -0.644. The van der Waals surface area contributed by atoms with Crippen LogP contribution in [0.15, 0.2) is 0 Å². The fraction of sp³-hybridized carbons (Fsp3) is 0.767. The van der Waals surface area contributed by atoms with Gasteiger partial charge in [-0.2, -0.15) is 0 Å². The molecule has 0 aromatic carbocycles. The average Bonchev–Trinajstić information content (AvgIpc) is 3.23. The van der Waals surface area contributed by atoms with Crippen LogP contribution in [-0.2, 0) is 119 Å². The lowest BCUT2D eigenvalue weighted by atomic mass is 9.89. The molecule has 3 rings (SSSR count). The number of ether oxygens (including phenoxy) is 15. The van der Waals surface area contributed by atoms with Gasteiger partial charge < -0.3 is 76.4 Å². The molecule has 0 bridgehead atoms. The van der Waals surface area contributed by atoms with Crippen molar-refractivity contribution in [3.05, 3.63) is 0 Å². The van der Waals surface area contributed by atoms with E-state index in [0.29, 0.717) is 0 Å². The Kier molecular flexibility index (Phi) is 26.9. The van der Waals surface area contributed by atoms with Crippen LogP contribution in [0.3, 0.4) is 0 Å². The predicted octanol–water partition coefficient (Wildman–Crippen LogP) is 0.130. The Morgan fingerprint density at radius 3 is 1.01 bits per heavy atom. The SMILES string of the molecule is CO[C@@H]1OC(COC(C)=O)[C@H](C)[C@@H](OC(C)=O)C1OC(C)=O.CO[C@@H]1OC(COC(C)=O)[C@H](C)[C@H](OC(C)=O)C1NC(C)=O.CO[C@H]1OC(COC(C)=O)[C@@H](OC(C)=O)[C@H](OC(C)=O)C1OC(C)=O. The summed E-state index contributed by atoms with van der Waals surface area (Å²) in [5, 5.41) is 2.68. The molecule has 0 aromatic rings. The van der Waals surface area contributed by atoms with Gasteiger partial charge in [0.2, 0.25) is 5.91 Å². The van der Waals surface area contributed by atoms with Gasteiger partial charge in [0.15, 0.2) is 43.3 Å². The number of methoxy groups -OCH3 is 3. The third-order valence-corrected chi connectivity index (χ3v) is 9.89. The van der Waals surface area contributed by atoms with Crippen LogP contribution < -0.4 is 5.32 Å². The lowest BCUT2D eigenvalue weighted by Crippen LogP contribution is -2.62.